The summed E-state index contributed by atoms with van der Waals surface area (Å²) in [5.74, 6) is 0.111. The lowest BCUT2D eigenvalue weighted by Gasteiger charge is -2.05. The molecule has 0 saturated carbocycles. The molecule has 126 valence electrons. The van der Waals surface area contributed by atoms with Gasteiger partial charge in [0.15, 0.2) is 18.2 Å². The second-order valence-electron chi connectivity index (χ2n) is 5.59. The summed E-state index contributed by atoms with van der Waals surface area (Å²) < 4.78 is 10.1. The maximum absolute atomic E-state index is 12.1. The summed E-state index contributed by atoms with van der Waals surface area (Å²) in [6.45, 7) is 3.36. The Bertz CT molecular complexity index is 896. The van der Waals surface area contributed by atoms with Crippen LogP contribution < -0.4 is 0 Å². The molecular formula is C19H16N2O4. The lowest BCUT2D eigenvalue weighted by molar-refractivity contribution is 0.0475. The molecule has 0 aliphatic heterocycles. The van der Waals surface area contributed by atoms with Gasteiger partial charge >= 0.3 is 5.97 Å². The molecule has 2 aromatic carbocycles. The molecule has 3 aromatic rings. The topological polar surface area (TPSA) is 82.3 Å². The number of hydrogen-bond acceptors (Lipinski definition) is 6. The average molecular weight is 336 g/mol. The van der Waals surface area contributed by atoms with E-state index in [-0.39, 0.29) is 12.4 Å². The number of hydrogen-bond donors (Lipinski definition) is 0. The first kappa shape index (κ1) is 16.6. The zero-order valence-corrected chi connectivity index (χ0v) is 13.9. The first-order valence-electron chi connectivity index (χ1n) is 7.70. The minimum absolute atomic E-state index is 0.244. The van der Waals surface area contributed by atoms with Crippen LogP contribution in [0.2, 0.25) is 0 Å². The zero-order chi connectivity index (χ0) is 17.8. The van der Waals surface area contributed by atoms with Crippen LogP contribution in [0, 0.1) is 13.8 Å². The number of benzene rings is 2. The minimum atomic E-state index is -0.561. The third-order valence-electron chi connectivity index (χ3n) is 3.60. The largest absolute Gasteiger partial charge is 0.454 e. The quantitative estimate of drug-likeness (QED) is 0.525. The van der Waals surface area contributed by atoms with Crippen LogP contribution >= 0.6 is 0 Å². The second kappa shape index (κ2) is 7.09. The van der Waals surface area contributed by atoms with Crippen molar-refractivity contribution >= 4 is 11.8 Å². The van der Waals surface area contributed by atoms with Gasteiger partial charge in [0.1, 0.15) is 0 Å². The molecule has 1 heterocycles. The molecule has 0 unspecified atom stereocenters. The van der Waals surface area contributed by atoms with Gasteiger partial charge in [-0.05, 0) is 38.1 Å². The number of aromatic nitrogens is 2. The van der Waals surface area contributed by atoms with Crippen LogP contribution in [0.5, 0.6) is 0 Å². The molecule has 0 aliphatic carbocycles. The average Bonchev–Trinajstić information content (AvgIpc) is 3.06. The van der Waals surface area contributed by atoms with Crippen LogP contribution in [-0.4, -0.2) is 28.5 Å². The van der Waals surface area contributed by atoms with Crippen LogP contribution in [0.15, 0.2) is 53.1 Å². The summed E-state index contributed by atoms with van der Waals surface area (Å²) in [5, 5.41) is 3.72. The van der Waals surface area contributed by atoms with E-state index >= 15 is 0 Å². The predicted octanol–water partition coefficient (Wildman–Crippen LogP) is 3.39. The highest BCUT2D eigenvalue weighted by Gasteiger charge is 2.13. The van der Waals surface area contributed by atoms with Crippen molar-refractivity contribution in [3.8, 4) is 11.5 Å². The molecule has 25 heavy (non-hydrogen) atoms. The summed E-state index contributed by atoms with van der Waals surface area (Å²) in [5.41, 5.74) is 2.62. The lowest BCUT2D eigenvalue weighted by atomic mass is 10.1. The number of nitrogens with zero attached hydrogens (tertiary/aromatic N) is 2. The van der Waals surface area contributed by atoms with Crippen molar-refractivity contribution in [2.75, 3.05) is 6.61 Å². The van der Waals surface area contributed by atoms with Gasteiger partial charge in [-0.3, -0.25) is 4.79 Å². The fraction of sp³-hybridized carbons (Fsp3) is 0.158. The highest BCUT2D eigenvalue weighted by atomic mass is 16.5. The third kappa shape index (κ3) is 3.98. The molecular weight excluding hydrogens is 320 g/mol. The standard InChI is InChI=1S/C19H16N2O4/c1-12-3-5-14(6-4-12)17(22)11-24-19(23)16-9-7-15(8-10-16)18-20-13(2)21-25-18/h3-10H,11H2,1-2H3. The van der Waals surface area contributed by atoms with E-state index in [0.717, 1.165) is 5.56 Å². The van der Waals surface area contributed by atoms with E-state index in [4.69, 9.17) is 9.26 Å². The number of esters is 1. The molecule has 0 radical (unpaired) electrons. The number of carbonyl (C=O) groups is 2. The molecule has 0 saturated heterocycles. The second-order valence-corrected chi connectivity index (χ2v) is 5.59. The zero-order valence-electron chi connectivity index (χ0n) is 13.9. The van der Waals surface area contributed by atoms with Crippen LogP contribution in [0.3, 0.4) is 0 Å². The molecule has 0 N–H and O–H groups in total. The Labute approximate surface area is 144 Å². The van der Waals surface area contributed by atoms with E-state index in [1.807, 2.05) is 19.1 Å². The van der Waals surface area contributed by atoms with Crippen molar-refractivity contribution in [2.24, 2.45) is 0 Å². The summed E-state index contributed by atoms with van der Waals surface area (Å²) in [6, 6.07) is 13.7. The summed E-state index contributed by atoms with van der Waals surface area (Å²) in [7, 11) is 0. The summed E-state index contributed by atoms with van der Waals surface area (Å²) in [4.78, 5) is 28.2. The van der Waals surface area contributed by atoms with E-state index in [1.165, 1.54) is 0 Å². The highest BCUT2D eigenvalue weighted by molar-refractivity contribution is 5.99. The maximum Gasteiger partial charge on any atom is 0.338 e. The van der Waals surface area contributed by atoms with Gasteiger partial charge in [-0.2, -0.15) is 4.98 Å². The smallest absolute Gasteiger partial charge is 0.338 e. The summed E-state index contributed by atoms with van der Waals surface area (Å²) >= 11 is 0. The van der Waals surface area contributed by atoms with Gasteiger partial charge in [-0.15, -0.1) is 0 Å². The van der Waals surface area contributed by atoms with Gasteiger partial charge in [0.05, 0.1) is 5.56 Å². The van der Waals surface area contributed by atoms with Gasteiger partial charge in [-0.25, -0.2) is 4.79 Å². The van der Waals surface area contributed by atoms with E-state index in [0.29, 0.717) is 28.4 Å². The molecule has 0 aliphatic rings. The molecule has 3 rings (SSSR count). The number of rotatable bonds is 5. The highest BCUT2D eigenvalue weighted by Crippen LogP contribution is 2.18. The minimum Gasteiger partial charge on any atom is -0.454 e. The normalized spacial score (nSPS) is 10.5. The van der Waals surface area contributed by atoms with Crippen molar-refractivity contribution in [3.63, 3.8) is 0 Å². The Morgan fingerprint density at radius 1 is 0.960 bits per heavy atom. The number of aryl methyl sites for hydroxylation is 2. The molecule has 0 amide bonds. The van der Waals surface area contributed by atoms with E-state index < -0.39 is 5.97 Å². The fourth-order valence-electron chi connectivity index (χ4n) is 2.20. The Balaban J connectivity index is 1.61. The van der Waals surface area contributed by atoms with Crippen molar-refractivity contribution in [1.29, 1.82) is 0 Å². The number of ether oxygens (including phenoxy) is 1. The van der Waals surface area contributed by atoms with E-state index in [9.17, 15) is 9.59 Å². The first-order valence-corrected chi connectivity index (χ1v) is 7.70. The molecule has 1 aromatic heterocycles. The van der Waals surface area contributed by atoms with Crippen molar-refractivity contribution in [1.82, 2.24) is 10.1 Å². The Kier molecular flexibility index (Phi) is 4.70. The Morgan fingerprint density at radius 3 is 2.20 bits per heavy atom. The fourth-order valence-corrected chi connectivity index (χ4v) is 2.20. The predicted molar refractivity (Wildman–Crippen MR) is 90.3 cm³/mol. The van der Waals surface area contributed by atoms with Crippen molar-refractivity contribution in [3.05, 3.63) is 71.0 Å². The number of Topliss-reactive ketones (excluding diaryl/α,β-unsaturated/α-hetero) is 1. The molecule has 0 spiro atoms. The molecule has 6 heteroatoms. The Morgan fingerprint density at radius 2 is 1.60 bits per heavy atom. The van der Waals surface area contributed by atoms with Gasteiger partial charge in [0, 0.05) is 11.1 Å². The molecule has 0 fully saturated rings. The van der Waals surface area contributed by atoms with Crippen LogP contribution in [0.25, 0.3) is 11.5 Å². The van der Waals surface area contributed by atoms with Gasteiger partial charge < -0.3 is 9.26 Å². The number of carbonyl (C=O) groups excluding carboxylic acids is 2. The molecule has 0 bridgehead atoms. The summed E-state index contributed by atoms with van der Waals surface area (Å²) in [6.07, 6.45) is 0. The SMILES string of the molecule is Cc1ccc(C(=O)COC(=O)c2ccc(-c3nc(C)no3)cc2)cc1. The Hall–Kier alpha value is -3.28. The van der Waals surface area contributed by atoms with Crippen molar-refractivity contribution in [2.45, 2.75) is 13.8 Å². The van der Waals surface area contributed by atoms with Gasteiger partial charge in [-0.1, -0.05) is 35.0 Å². The van der Waals surface area contributed by atoms with Gasteiger partial charge in [0.25, 0.3) is 5.89 Å². The monoisotopic (exact) mass is 336 g/mol. The number of ketones is 1. The van der Waals surface area contributed by atoms with Crippen LogP contribution in [-0.2, 0) is 4.74 Å². The molecule has 0 atom stereocenters. The first-order chi connectivity index (χ1) is 12.0. The maximum atomic E-state index is 12.1. The van der Waals surface area contributed by atoms with Crippen LogP contribution in [0.4, 0.5) is 0 Å². The lowest BCUT2D eigenvalue weighted by Crippen LogP contribution is -2.14. The third-order valence-corrected chi connectivity index (χ3v) is 3.60. The van der Waals surface area contributed by atoms with E-state index in [1.54, 1.807) is 43.3 Å². The van der Waals surface area contributed by atoms with E-state index in [2.05, 4.69) is 10.1 Å². The molecule has 6 nitrogen and oxygen atoms in total. The van der Waals surface area contributed by atoms with Crippen molar-refractivity contribution < 1.29 is 18.8 Å². The van der Waals surface area contributed by atoms with Crippen LogP contribution in [0.1, 0.15) is 32.1 Å². The van der Waals surface area contributed by atoms with Gasteiger partial charge in [0.2, 0.25) is 0 Å².